The van der Waals surface area contributed by atoms with Gasteiger partial charge in [0.2, 0.25) is 0 Å². The third-order valence-electron chi connectivity index (χ3n) is 2.10. The van der Waals surface area contributed by atoms with Crippen molar-refractivity contribution in [1.82, 2.24) is 0 Å². The molecule has 2 nitrogen and oxygen atoms in total. The molecule has 0 radical (unpaired) electrons. The van der Waals surface area contributed by atoms with E-state index in [4.69, 9.17) is 21.6 Å². The summed E-state index contributed by atoms with van der Waals surface area (Å²) in [6, 6.07) is 5.15. The first-order valence-corrected chi connectivity index (χ1v) is 5.32. The van der Waals surface area contributed by atoms with Crippen LogP contribution in [0.25, 0.3) is 0 Å². The van der Waals surface area contributed by atoms with Gasteiger partial charge in [0.15, 0.2) is 7.28 Å². The van der Waals surface area contributed by atoms with E-state index in [1.54, 1.807) is 12.1 Å². The van der Waals surface area contributed by atoms with Gasteiger partial charge in [-0.05, 0) is 11.5 Å². The minimum absolute atomic E-state index is 0.170. The fourth-order valence-corrected chi connectivity index (χ4v) is 1.69. The van der Waals surface area contributed by atoms with Crippen molar-refractivity contribution in [2.24, 2.45) is 0 Å². The lowest BCUT2D eigenvalue weighted by molar-refractivity contribution is 0.426. The molecule has 0 aliphatic heterocycles. The van der Waals surface area contributed by atoms with E-state index in [9.17, 15) is 0 Å². The van der Waals surface area contributed by atoms with E-state index < -0.39 is 7.12 Å². The molecule has 0 fully saturated rings. The lowest BCUT2D eigenvalue weighted by Crippen LogP contribution is -2.33. The molecule has 0 bridgehead atoms. The van der Waals surface area contributed by atoms with Crippen LogP contribution in [-0.4, -0.2) is 24.4 Å². The normalized spacial score (nSPS) is 11.3. The van der Waals surface area contributed by atoms with Gasteiger partial charge in [0.1, 0.15) is 0 Å². The third-order valence-corrected chi connectivity index (χ3v) is 2.45. The molecule has 0 saturated heterocycles. The fourth-order valence-electron chi connectivity index (χ4n) is 1.44. The number of benzene rings is 1. The Morgan fingerprint density at radius 3 is 2.27 bits per heavy atom. The average molecular weight is 224 g/mol. The van der Waals surface area contributed by atoms with Gasteiger partial charge in [-0.15, -0.1) is 0 Å². The van der Waals surface area contributed by atoms with Crippen molar-refractivity contribution in [3.63, 3.8) is 0 Å². The van der Waals surface area contributed by atoms with Gasteiger partial charge in [-0.3, -0.25) is 0 Å². The summed E-state index contributed by atoms with van der Waals surface area (Å²) in [5, 5.41) is 18.7. The van der Waals surface area contributed by atoms with E-state index in [1.807, 2.05) is 6.07 Å². The van der Waals surface area contributed by atoms with Crippen LogP contribution in [0.4, 0.5) is 0 Å². The molecule has 0 atom stereocenters. The summed E-state index contributed by atoms with van der Waals surface area (Å²) in [5.41, 5.74) is 1.46. The first-order chi connectivity index (χ1) is 6.79. The predicted octanol–water partition coefficient (Wildman–Crippen LogP) is 0.300. The minimum atomic E-state index is -1.45. The van der Waals surface area contributed by atoms with Crippen LogP contribution in [0.5, 0.6) is 0 Å². The zero-order valence-corrected chi connectivity index (χ0v) is 10.0. The van der Waals surface area contributed by atoms with Crippen molar-refractivity contribution in [1.29, 1.82) is 0 Å². The summed E-state index contributed by atoms with van der Waals surface area (Å²) >= 11 is 6.06. The molecule has 2 N–H and O–H groups in total. The molecular weight excluding hydrogens is 209 g/mol. The lowest BCUT2D eigenvalue weighted by Gasteiger charge is -2.17. The topological polar surface area (TPSA) is 40.5 Å². The van der Waals surface area contributed by atoms with Gasteiger partial charge in [-0.2, -0.15) is 0 Å². The SMILES string of the molecule is CC(C)(C)Bc1ccc(B(O)O)cc1Cl. The van der Waals surface area contributed by atoms with Crippen LogP contribution >= 0.6 is 11.6 Å². The van der Waals surface area contributed by atoms with Crippen molar-refractivity contribution < 1.29 is 10.0 Å². The molecule has 0 unspecified atom stereocenters. The quantitative estimate of drug-likeness (QED) is 0.709. The molecule has 0 aromatic heterocycles. The average Bonchev–Trinajstić information content (AvgIpc) is 2.05. The number of hydrogen-bond acceptors (Lipinski definition) is 2. The Morgan fingerprint density at radius 1 is 1.27 bits per heavy atom. The molecule has 0 amide bonds. The fraction of sp³-hybridized carbons (Fsp3) is 0.400. The van der Waals surface area contributed by atoms with E-state index in [2.05, 4.69) is 20.8 Å². The first-order valence-electron chi connectivity index (χ1n) is 4.94. The number of hydrogen-bond donors (Lipinski definition) is 2. The Labute approximate surface area is 96.7 Å². The van der Waals surface area contributed by atoms with E-state index >= 15 is 0 Å². The second kappa shape index (κ2) is 4.60. The Balaban J connectivity index is 2.94. The van der Waals surface area contributed by atoms with Crippen LogP contribution in [0.3, 0.4) is 0 Å². The Bertz CT molecular complexity index is 348. The van der Waals surface area contributed by atoms with Crippen molar-refractivity contribution in [3.05, 3.63) is 23.2 Å². The molecule has 1 aromatic carbocycles. The van der Waals surface area contributed by atoms with Crippen LogP contribution in [-0.2, 0) is 0 Å². The lowest BCUT2D eigenvalue weighted by atomic mass is 9.51. The van der Waals surface area contributed by atoms with Gasteiger partial charge >= 0.3 is 7.12 Å². The summed E-state index contributed by atoms with van der Waals surface area (Å²) in [4.78, 5) is 0. The molecule has 0 heterocycles. The van der Waals surface area contributed by atoms with E-state index in [0.717, 1.165) is 12.7 Å². The maximum atomic E-state index is 8.97. The van der Waals surface area contributed by atoms with Crippen molar-refractivity contribution in [2.45, 2.75) is 26.1 Å². The Morgan fingerprint density at radius 2 is 1.87 bits per heavy atom. The molecule has 5 heteroatoms. The molecule has 15 heavy (non-hydrogen) atoms. The maximum absolute atomic E-state index is 8.97. The van der Waals surface area contributed by atoms with E-state index in [1.165, 1.54) is 0 Å². The molecule has 1 rings (SSSR count). The zero-order valence-electron chi connectivity index (χ0n) is 9.29. The highest BCUT2D eigenvalue weighted by Gasteiger charge is 2.18. The molecule has 1 aromatic rings. The highest BCUT2D eigenvalue weighted by atomic mass is 35.5. The van der Waals surface area contributed by atoms with Crippen LogP contribution < -0.4 is 10.9 Å². The predicted molar refractivity (Wildman–Crippen MR) is 67.8 cm³/mol. The van der Waals surface area contributed by atoms with Crippen LogP contribution in [0.1, 0.15) is 20.8 Å². The van der Waals surface area contributed by atoms with Gasteiger partial charge in [0.25, 0.3) is 0 Å². The van der Waals surface area contributed by atoms with Crippen LogP contribution in [0, 0.1) is 0 Å². The monoisotopic (exact) mass is 224 g/mol. The summed E-state index contributed by atoms with van der Waals surface area (Å²) in [7, 11) is -0.584. The van der Waals surface area contributed by atoms with Gasteiger partial charge in [-0.25, -0.2) is 0 Å². The summed E-state index contributed by atoms with van der Waals surface area (Å²) < 4.78 is 0. The highest BCUT2D eigenvalue weighted by Crippen LogP contribution is 2.20. The molecule has 0 aliphatic rings. The third kappa shape index (κ3) is 3.90. The molecular formula is C10H15B2ClO2. The van der Waals surface area contributed by atoms with Crippen molar-refractivity contribution in [2.75, 3.05) is 0 Å². The number of rotatable bonds is 2. The van der Waals surface area contributed by atoms with Crippen LogP contribution in [0.2, 0.25) is 10.3 Å². The standard InChI is InChI=1S/C10H15B2ClO2/c1-10(2,3)11-8-5-4-7(12(14)15)6-9(8)13/h4-6,11,14-15H,1-3H3. The highest BCUT2D eigenvalue weighted by molar-refractivity contribution is 6.63. The van der Waals surface area contributed by atoms with Gasteiger partial charge in [0.05, 0.1) is 0 Å². The van der Waals surface area contributed by atoms with Gasteiger partial charge in [0, 0.05) is 5.02 Å². The van der Waals surface area contributed by atoms with E-state index in [0.29, 0.717) is 10.5 Å². The second-order valence-corrected chi connectivity index (χ2v) is 5.37. The summed E-state index contributed by atoms with van der Waals surface area (Å²) in [6.45, 7) is 6.41. The summed E-state index contributed by atoms with van der Waals surface area (Å²) in [6.07, 6.45) is 0. The minimum Gasteiger partial charge on any atom is -0.423 e. The van der Waals surface area contributed by atoms with E-state index in [-0.39, 0.29) is 5.31 Å². The molecule has 0 saturated carbocycles. The largest absolute Gasteiger partial charge is 0.488 e. The van der Waals surface area contributed by atoms with Crippen molar-refractivity contribution in [3.8, 4) is 0 Å². The van der Waals surface area contributed by atoms with Crippen molar-refractivity contribution >= 4 is 36.9 Å². The van der Waals surface area contributed by atoms with Gasteiger partial charge < -0.3 is 10.0 Å². The number of halogens is 1. The smallest absolute Gasteiger partial charge is 0.423 e. The molecule has 0 spiro atoms. The van der Waals surface area contributed by atoms with Gasteiger partial charge in [-0.1, -0.05) is 55.3 Å². The van der Waals surface area contributed by atoms with Crippen LogP contribution in [0.15, 0.2) is 18.2 Å². The molecule has 0 aliphatic carbocycles. The second-order valence-electron chi connectivity index (χ2n) is 4.96. The Kier molecular flexibility index (Phi) is 3.87. The molecule has 80 valence electrons. The Hall–Kier alpha value is -0.440. The maximum Gasteiger partial charge on any atom is 0.488 e. The summed E-state index contributed by atoms with van der Waals surface area (Å²) in [5.74, 6) is 0. The first kappa shape index (κ1) is 12.6. The zero-order chi connectivity index (χ0) is 11.6.